The van der Waals surface area contributed by atoms with E-state index in [2.05, 4.69) is 10.1 Å². The Labute approximate surface area is 156 Å². The third kappa shape index (κ3) is 3.51. The Morgan fingerprint density at radius 3 is 2.41 bits per heavy atom. The molecule has 0 aliphatic carbocycles. The van der Waals surface area contributed by atoms with Crippen LogP contribution < -0.4 is 10.1 Å². The monoisotopic (exact) mass is 376 g/mol. The van der Waals surface area contributed by atoms with Crippen molar-refractivity contribution in [3.05, 3.63) is 96.5 Å². The van der Waals surface area contributed by atoms with Crippen LogP contribution in [0.2, 0.25) is 0 Å². The van der Waals surface area contributed by atoms with E-state index in [0.717, 1.165) is 5.56 Å². The number of hydrogen-bond donors (Lipinski definition) is 0. The number of nitro benzene ring substituents is 1. The van der Waals surface area contributed by atoms with Gasteiger partial charge in [0.1, 0.15) is 0 Å². The predicted octanol–water partition coefficient (Wildman–Crippen LogP) is 2.78. The zero-order chi connectivity index (χ0) is 18.8. The number of rotatable bonds is 4. The van der Waals surface area contributed by atoms with Crippen molar-refractivity contribution in [1.29, 1.82) is 0 Å². The zero-order valence-electron chi connectivity index (χ0n) is 13.9. The number of nitrogens with zero attached hydrogens (tertiary/aromatic N) is 4. The van der Waals surface area contributed by atoms with Crippen LogP contribution >= 0.6 is 11.3 Å². The van der Waals surface area contributed by atoms with Crippen LogP contribution in [0.15, 0.2) is 59.4 Å². The average Bonchev–Trinajstić information content (AvgIpc) is 3.20. The van der Waals surface area contributed by atoms with Crippen molar-refractivity contribution >= 4 is 40.2 Å². The van der Waals surface area contributed by atoms with Gasteiger partial charge in [-0.15, -0.1) is 5.10 Å². The van der Waals surface area contributed by atoms with Gasteiger partial charge in [-0.05, 0) is 35.4 Å². The summed E-state index contributed by atoms with van der Waals surface area (Å²) in [5, 5.41) is 14.9. The maximum atomic E-state index is 12.5. The first-order valence-electron chi connectivity index (χ1n) is 7.99. The molecule has 27 heavy (non-hydrogen) atoms. The highest BCUT2D eigenvalue weighted by molar-refractivity contribution is 7.15. The largest absolute Gasteiger partial charge is 0.291 e. The molecule has 4 rings (SSSR count). The maximum Gasteiger partial charge on any atom is 0.291 e. The molecular formula is C19H12N4O3S. The normalized spacial score (nSPS) is 12.2. The summed E-state index contributed by atoms with van der Waals surface area (Å²) in [6.45, 7) is 0. The highest BCUT2D eigenvalue weighted by Gasteiger charge is 2.09. The number of nitro groups is 1. The summed E-state index contributed by atoms with van der Waals surface area (Å²) in [7, 11) is 0. The summed E-state index contributed by atoms with van der Waals surface area (Å²) in [6.07, 6.45) is 5.31. The molecule has 0 aliphatic heterocycles. The van der Waals surface area contributed by atoms with Crippen molar-refractivity contribution in [2.75, 3.05) is 0 Å². The van der Waals surface area contributed by atoms with E-state index in [1.54, 1.807) is 24.3 Å². The van der Waals surface area contributed by atoms with Crippen molar-refractivity contribution in [1.82, 2.24) is 14.6 Å². The molecule has 0 unspecified atom stereocenters. The highest BCUT2D eigenvalue weighted by Crippen LogP contribution is 2.12. The number of thiazole rings is 1. The summed E-state index contributed by atoms with van der Waals surface area (Å²) in [5.74, 6) is 0.462. The minimum Gasteiger partial charge on any atom is -0.266 e. The molecule has 2 aromatic heterocycles. The lowest BCUT2D eigenvalue weighted by molar-refractivity contribution is -0.384. The van der Waals surface area contributed by atoms with Crippen LogP contribution in [-0.2, 0) is 0 Å². The molecule has 0 saturated heterocycles. The molecule has 0 N–H and O–H groups in total. The SMILES string of the molecule is O=c1/c(=C/c2ccc([N+](=O)[O-])cc2)sc2nc(/C=C/c3ccccc3)nn12. The molecule has 0 atom stereocenters. The summed E-state index contributed by atoms with van der Waals surface area (Å²) in [6, 6.07) is 15.7. The zero-order valence-corrected chi connectivity index (χ0v) is 14.7. The van der Waals surface area contributed by atoms with Crippen molar-refractivity contribution < 1.29 is 4.92 Å². The Morgan fingerprint density at radius 2 is 1.74 bits per heavy atom. The van der Waals surface area contributed by atoms with Crippen molar-refractivity contribution in [3.8, 4) is 0 Å². The fourth-order valence-corrected chi connectivity index (χ4v) is 3.41. The fourth-order valence-electron chi connectivity index (χ4n) is 2.50. The molecule has 0 amide bonds. The van der Waals surface area contributed by atoms with E-state index in [9.17, 15) is 14.9 Å². The minimum absolute atomic E-state index is 0.00647. The second kappa shape index (κ2) is 6.93. The molecule has 0 aliphatic rings. The lowest BCUT2D eigenvalue weighted by Gasteiger charge is -1.92. The molecule has 0 radical (unpaired) electrons. The van der Waals surface area contributed by atoms with Gasteiger partial charge in [0.25, 0.3) is 11.2 Å². The lowest BCUT2D eigenvalue weighted by Crippen LogP contribution is -2.23. The third-order valence-electron chi connectivity index (χ3n) is 3.82. The second-order valence-electron chi connectivity index (χ2n) is 5.67. The Balaban J connectivity index is 1.65. The second-order valence-corrected chi connectivity index (χ2v) is 6.68. The molecule has 4 aromatic rings. The van der Waals surface area contributed by atoms with Crippen LogP contribution in [0.25, 0.3) is 23.2 Å². The van der Waals surface area contributed by atoms with Crippen molar-refractivity contribution in [2.24, 2.45) is 0 Å². The number of non-ortho nitro benzene ring substituents is 1. The smallest absolute Gasteiger partial charge is 0.266 e. The van der Waals surface area contributed by atoms with E-state index in [1.165, 1.54) is 28.0 Å². The molecule has 0 saturated carbocycles. The molecular weight excluding hydrogens is 364 g/mol. The van der Waals surface area contributed by atoms with Crippen LogP contribution in [0.1, 0.15) is 17.0 Å². The Bertz CT molecular complexity index is 1260. The average molecular weight is 376 g/mol. The van der Waals surface area contributed by atoms with Gasteiger partial charge in [0.05, 0.1) is 9.46 Å². The number of benzene rings is 2. The van der Waals surface area contributed by atoms with Crippen LogP contribution in [0, 0.1) is 10.1 Å². The number of aromatic nitrogens is 3. The predicted molar refractivity (Wildman–Crippen MR) is 104 cm³/mol. The molecule has 0 fully saturated rings. The van der Waals surface area contributed by atoms with Crippen LogP contribution in [0.4, 0.5) is 5.69 Å². The van der Waals surface area contributed by atoms with Crippen molar-refractivity contribution in [2.45, 2.75) is 0 Å². The molecule has 8 heteroatoms. The Morgan fingerprint density at radius 1 is 1.00 bits per heavy atom. The van der Waals surface area contributed by atoms with E-state index >= 15 is 0 Å². The fraction of sp³-hybridized carbons (Fsp3) is 0. The van der Waals surface area contributed by atoms with Gasteiger partial charge in [-0.25, -0.2) is 0 Å². The van der Waals surface area contributed by atoms with Gasteiger partial charge in [0, 0.05) is 12.1 Å². The van der Waals surface area contributed by atoms with Gasteiger partial charge in [-0.2, -0.15) is 9.50 Å². The van der Waals surface area contributed by atoms with E-state index in [4.69, 9.17) is 0 Å². The summed E-state index contributed by atoms with van der Waals surface area (Å²) in [4.78, 5) is 27.6. The van der Waals surface area contributed by atoms with Crippen LogP contribution in [0.5, 0.6) is 0 Å². The Kier molecular flexibility index (Phi) is 4.31. The maximum absolute atomic E-state index is 12.5. The first-order chi connectivity index (χ1) is 13.1. The first kappa shape index (κ1) is 16.8. The third-order valence-corrected chi connectivity index (χ3v) is 4.78. The van der Waals surface area contributed by atoms with Gasteiger partial charge in [0.15, 0.2) is 5.82 Å². The molecule has 7 nitrogen and oxygen atoms in total. The van der Waals surface area contributed by atoms with Crippen LogP contribution in [-0.4, -0.2) is 19.5 Å². The quantitative estimate of drug-likeness (QED) is 0.403. The first-order valence-corrected chi connectivity index (χ1v) is 8.81. The number of fused-ring (bicyclic) bond motifs is 1. The van der Waals surface area contributed by atoms with E-state index in [-0.39, 0.29) is 11.2 Å². The standard InChI is InChI=1S/C19H12N4O3S/c24-18-16(12-14-6-9-15(10-7-14)23(25)26)27-19-20-17(21-22(18)19)11-8-13-4-2-1-3-5-13/h1-12H/b11-8+,16-12-. The van der Waals surface area contributed by atoms with Crippen molar-refractivity contribution in [3.63, 3.8) is 0 Å². The summed E-state index contributed by atoms with van der Waals surface area (Å²) < 4.78 is 1.74. The minimum atomic E-state index is -0.462. The summed E-state index contributed by atoms with van der Waals surface area (Å²) >= 11 is 1.23. The molecule has 0 bridgehead atoms. The summed E-state index contributed by atoms with van der Waals surface area (Å²) in [5.41, 5.74) is 1.46. The van der Waals surface area contributed by atoms with Gasteiger partial charge in [-0.1, -0.05) is 47.7 Å². The molecule has 2 aromatic carbocycles. The van der Waals surface area contributed by atoms with E-state index in [0.29, 0.717) is 20.9 Å². The van der Waals surface area contributed by atoms with E-state index < -0.39 is 4.92 Å². The molecule has 0 spiro atoms. The van der Waals surface area contributed by atoms with Gasteiger partial charge < -0.3 is 0 Å². The van der Waals surface area contributed by atoms with E-state index in [1.807, 2.05) is 36.4 Å². The lowest BCUT2D eigenvalue weighted by atomic mass is 10.2. The molecule has 2 heterocycles. The topological polar surface area (TPSA) is 90.4 Å². The Hall–Kier alpha value is -3.65. The molecule has 132 valence electrons. The highest BCUT2D eigenvalue weighted by atomic mass is 32.1. The van der Waals surface area contributed by atoms with Gasteiger partial charge in [0.2, 0.25) is 4.96 Å². The van der Waals surface area contributed by atoms with Gasteiger partial charge >= 0.3 is 0 Å². The van der Waals surface area contributed by atoms with Gasteiger partial charge in [-0.3, -0.25) is 14.9 Å². The number of hydrogen-bond acceptors (Lipinski definition) is 6. The van der Waals surface area contributed by atoms with Crippen LogP contribution in [0.3, 0.4) is 0 Å².